The van der Waals surface area contributed by atoms with Crippen molar-refractivity contribution in [2.45, 2.75) is 17.6 Å². The molecule has 2 heterocycles. The summed E-state index contributed by atoms with van der Waals surface area (Å²) >= 11 is 1.59. The molecule has 4 nitrogen and oxygen atoms in total. The number of hydrogen-bond donors (Lipinski definition) is 1. The second kappa shape index (κ2) is 4.61. The molecule has 1 fully saturated rings. The fourth-order valence-corrected chi connectivity index (χ4v) is 1.77. The van der Waals surface area contributed by atoms with Gasteiger partial charge in [0, 0.05) is 12.6 Å². The molecule has 0 bridgehead atoms. The summed E-state index contributed by atoms with van der Waals surface area (Å²) in [6.07, 6.45) is 4.85. The maximum absolute atomic E-state index is 5.69. The van der Waals surface area contributed by atoms with E-state index in [2.05, 4.69) is 15.3 Å². The van der Waals surface area contributed by atoms with E-state index >= 15 is 0 Å². The van der Waals surface area contributed by atoms with E-state index in [1.165, 1.54) is 0 Å². The van der Waals surface area contributed by atoms with Gasteiger partial charge in [0.15, 0.2) is 0 Å². The molecule has 1 aromatic rings. The molecule has 1 saturated heterocycles. The van der Waals surface area contributed by atoms with Crippen molar-refractivity contribution < 1.29 is 4.74 Å². The fourth-order valence-electron chi connectivity index (χ4n) is 1.40. The van der Waals surface area contributed by atoms with Gasteiger partial charge >= 0.3 is 0 Å². The molecule has 1 atom stereocenters. The van der Waals surface area contributed by atoms with Crippen molar-refractivity contribution in [1.82, 2.24) is 15.3 Å². The largest absolute Gasteiger partial charge is 0.473 e. The van der Waals surface area contributed by atoms with Gasteiger partial charge in [-0.2, -0.15) is 0 Å². The molecule has 0 saturated carbocycles. The molecule has 14 heavy (non-hydrogen) atoms. The molecule has 0 radical (unpaired) electrons. The number of thioether (sulfide) groups is 1. The Kier molecular flexibility index (Phi) is 3.21. The van der Waals surface area contributed by atoms with Gasteiger partial charge in [0.2, 0.25) is 5.88 Å². The molecule has 1 aliphatic rings. The Labute approximate surface area is 87.5 Å². The topological polar surface area (TPSA) is 47.0 Å². The molecule has 76 valence electrons. The molecule has 0 aliphatic carbocycles. The molecule has 2 rings (SSSR count). The highest BCUT2D eigenvalue weighted by Crippen LogP contribution is 2.17. The Morgan fingerprint density at radius 3 is 3.21 bits per heavy atom. The van der Waals surface area contributed by atoms with Crippen molar-refractivity contribution in [3.8, 4) is 5.88 Å². The Balaban J connectivity index is 2.00. The second-order valence-corrected chi connectivity index (χ2v) is 3.96. The maximum Gasteiger partial charge on any atom is 0.217 e. The lowest BCUT2D eigenvalue weighted by Crippen LogP contribution is -2.20. The average Bonchev–Trinajstić information content (AvgIpc) is 2.71. The minimum atomic E-state index is 0.264. The van der Waals surface area contributed by atoms with E-state index < -0.39 is 0 Å². The third kappa shape index (κ3) is 2.36. The van der Waals surface area contributed by atoms with Crippen LogP contribution in [0.3, 0.4) is 0 Å². The van der Waals surface area contributed by atoms with Crippen LogP contribution in [-0.2, 0) is 0 Å². The van der Waals surface area contributed by atoms with Gasteiger partial charge in [-0.3, -0.25) is 0 Å². The van der Waals surface area contributed by atoms with Crippen LogP contribution in [0.25, 0.3) is 0 Å². The summed E-state index contributed by atoms with van der Waals surface area (Å²) < 4.78 is 5.69. The van der Waals surface area contributed by atoms with Gasteiger partial charge in [0.05, 0.1) is 0 Å². The van der Waals surface area contributed by atoms with Crippen molar-refractivity contribution in [1.29, 1.82) is 0 Å². The van der Waals surface area contributed by atoms with E-state index in [1.54, 1.807) is 18.1 Å². The summed E-state index contributed by atoms with van der Waals surface area (Å²) in [6.45, 7) is 1.95. The lowest BCUT2D eigenvalue weighted by atomic mass is 10.3. The SMILES string of the molecule is CSc1cc(OC2CCNC2)ncn1. The van der Waals surface area contributed by atoms with Crippen molar-refractivity contribution in [2.24, 2.45) is 0 Å². The first-order valence-electron chi connectivity index (χ1n) is 4.62. The second-order valence-electron chi connectivity index (χ2n) is 3.13. The predicted molar refractivity (Wildman–Crippen MR) is 55.7 cm³/mol. The fraction of sp³-hybridized carbons (Fsp3) is 0.556. The van der Waals surface area contributed by atoms with Crippen LogP contribution in [0.15, 0.2) is 17.4 Å². The summed E-state index contributed by atoms with van der Waals surface area (Å²) in [5, 5.41) is 4.19. The van der Waals surface area contributed by atoms with E-state index in [0.29, 0.717) is 5.88 Å². The Morgan fingerprint density at radius 2 is 2.50 bits per heavy atom. The molecular weight excluding hydrogens is 198 g/mol. The van der Waals surface area contributed by atoms with Crippen LogP contribution in [0.2, 0.25) is 0 Å². The van der Waals surface area contributed by atoms with Crippen molar-refractivity contribution in [2.75, 3.05) is 19.3 Å². The van der Waals surface area contributed by atoms with E-state index in [0.717, 1.165) is 24.5 Å². The van der Waals surface area contributed by atoms with Gasteiger partial charge in [-0.25, -0.2) is 9.97 Å². The van der Waals surface area contributed by atoms with Gasteiger partial charge in [-0.05, 0) is 19.2 Å². The summed E-state index contributed by atoms with van der Waals surface area (Å²) in [5.41, 5.74) is 0. The Morgan fingerprint density at radius 1 is 1.57 bits per heavy atom. The summed E-state index contributed by atoms with van der Waals surface area (Å²) in [5.74, 6) is 0.679. The third-order valence-electron chi connectivity index (χ3n) is 2.13. The first-order valence-corrected chi connectivity index (χ1v) is 5.84. The van der Waals surface area contributed by atoms with Crippen LogP contribution >= 0.6 is 11.8 Å². The molecule has 1 aromatic heterocycles. The van der Waals surface area contributed by atoms with Crippen LogP contribution in [-0.4, -0.2) is 35.4 Å². The normalized spacial score (nSPS) is 21.1. The zero-order valence-corrected chi connectivity index (χ0v) is 8.88. The highest BCUT2D eigenvalue weighted by molar-refractivity contribution is 7.98. The van der Waals surface area contributed by atoms with E-state index in [4.69, 9.17) is 4.74 Å². The van der Waals surface area contributed by atoms with E-state index in [1.807, 2.05) is 12.3 Å². The highest BCUT2D eigenvalue weighted by Gasteiger charge is 2.16. The van der Waals surface area contributed by atoms with E-state index in [9.17, 15) is 0 Å². The molecule has 1 unspecified atom stereocenters. The van der Waals surface area contributed by atoms with Gasteiger partial charge < -0.3 is 10.1 Å². The molecule has 0 amide bonds. The molecule has 0 aromatic carbocycles. The van der Waals surface area contributed by atoms with Crippen LogP contribution in [0.1, 0.15) is 6.42 Å². The van der Waals surface area contributed by atoms with Gasteiger partial charge in [-0.15, -0.1) is 11.8 Å². The zero-order chi connectivity index (χ0) is 9.80. The molecule has 1 aliphatic heterocycles. The number of hydrogen-bond acceptors (Lipinski definition) is 5. The average molecular weight is 211 g/mol. The van der Waals surface area contributed by atoms with Crippen LogP contribution < -0.4 is 10.1 Å². The lowest BCUT2D eigenvalue weighted by molar-refractivity contribution is 0.213. The smallest absolute Gasteiger partial charge is 0.217 e. The number of ether oxygens (including phenoxy) is 1. The summed E-state index contributed by atoms with van der Waals surface area (Å²) in [6, 6.07) is 1.88. The maximum atomic E-state index is 5.69. The first kappa shape index (κ1) is 9.73. The van der Waals surface area contributed by atoms with Crippen molar-refractivity contribution in [3.63, 3.8) is 0 Å². The van der Waals surface area contributed by atoms with E-state index in [-0.39, 0.29) is 6.10 Å². The lowest BCUT2D eigenvalue weighted by Gasteiger charge is -2.10. The number of nitrogens with one attached hydrogen (secondary N) is 1. The third-order valence-corrected chi connectivity index (χ3v) is 2.77. The Bertz CT molecular complexity index is 302. The Hall–Kier alpha value is -0.810. The predicted octanol–water partition coefficient (Wildman–Crippen LogP) is 0.939. The molecule has 0 spiro atoms. The van der Waals surface area contributed by atoms with Crippen molar-refractivity contribution >= 4 is 11.8 Å². The molecule has 5 heteroatoms. The highest BCUT2D eigenvalue weighted by atomic mass is 32.2. The van der Waals surface area contributed by atoms with Crippen LogP contribution in [0.4, 0.5) is 0 Å². The minimum Gasteiger partial charge on any atom is -0.473 e. The van der Waals surface area contributed by atoms with Crippen LogP contribution in [0, 0.1) is 0 Å². The number of rotatable bonds is 3. The standard InChI is InChI=1S/C9H13N3OS/c1-14-9-4-8(11-6-12-9)13-7-2-3-10-5-7/h4,6-7,10H,2-3,5H2,1H3. The molecular formula is C9H13N3OS. The summed E-state index contributed by atoms with van der Waals surface area (Å²) in [4.78, 5) is 8.17. The monoisotopic (exact) mass is 211 g/mol. The number of aromatic nitrogens is 2. The van der Waals surface area contributed by atoms with Gasteiger partial charge in [0.1, 0.15) is 17.5 Å². The first-order chi connectivity index (χ1) is 6.88. The van der Waals surface area contributed by atoms with Crippen molar-refractivity contribution in [3.05, 3.63) is 12.4 Å². The molecule has 1 N–H and O–H groups in total. The summed E-state index contributed by atoms with van der Waals surface area (Å²) in [7, 11) is 0. The van der Waals surface area contributed by atoms with Gasteiger partial charge in [-0.1, -0.05) is 0 Å². The van der Waals surface area contributed by atoms with Gasteiger partial charge in [0.25, 0.3) is 0 Å². The quantitative estimate of drug-likeness (QED) is 0.595. The zero-order valence-electron chi connectivity index (χ0n) is 8.06. The minimum absolute atomic E-state index is 0.264. The number of nitrogens with zero attached hydrogens (tertiary/aromatic N) is 2. The van der Waals surface area contributed by atoms with Crippen LogP contribution in [0.5, 0.6) is 5.88 Å².